The van der Waals surface area contributed by atoms with Crippen molar-refractivity contribution in [3.63, 3.8) is 0 Å². The molecule has 0 bridgehead atoms. The number of hydrogen-bond donors (Lipinski definition) is 0. The maximum atomic E-state index is 2.64. The normalized spacial score (nSPS) is 15.3. The number of hydrogen-bond acceptors (Lipinski definition) is 3. The molecule has 71 heavy (non-hydrogen) atoms. The third-order valence-electron chi connectivity index (χ3n) is 17.1. The van der Waals surface area contributed by atoms with Gasteiger partial charge in [0.15, 0.2) is 0 Å². The summed E-state index contributed by atoms with van der Waals surface area (Å²) in [6.45, 7) is 2.22. The molecule has 2 aliphatic heterocycles. The summed E-state index contributed by atoms with van der Waals surface area (Å²) in [6.07, 6.45) is 0. The highest BCUT2D eigenvalue weighted by Crippen LogP contribution is 2.68. The van der Waals surface area contributed by atoms with Gasteiger partial charge in [-0.3, -0.25) is 0 Å². The lowest BCUT2D eigenvalue weighted by Crippen LogP contribution is -2.60. The first-order chi connectivity index (χ1) is 35.2. The largest absolute Gasteiger partial charge is 0.311 e. The van der Waals surface area contributed by atoms with Crippen LogP contribution in [0.5, 0.6) is 0 Å². The molecule has 328 valence electrons. The molecule has 0 atom stereocenters. The Bertz CT molecular complexity index is 4080. The summed E-state index contributed by atoms with van der Waals surface area (Å²) in [6, 6.07) is 88.0. The molecule has 0 fully saturated rings. The molecule has 0 N–H and O–H groups in total. The lowest BCUT2D eigenvalue weighted by Gasteiger charge is -2.44. The number of benzene rings is 10. The quantitative estimate of drug-likeness (QED) is 0.159. The van der Waals surface area contributed by atoms with E-state index in [4.69, 9.17) is 0 Å². The van der Waals surface area contributed by atoms with Crippen LogP contribution in [-0.4, -0.2) is 6.71 Å². The molecule has 2 spiro atoms. The lowest BCUT2D eigenvalue weighted by molar-refractivity contribution is 0.794. The van der Waals surface area contributed by atoms with Crippen LogP contribution < -0.4 is 25.5 Å². The monoisotopic (exact) mass is 916 g/mol. The lowest BCUT2D eigenvalue weighted by atomic mass is 9.36. The first-order valence-corrected chi connectivity index (χ1v) is 25.8. The number of para-hydroxylation sites is 2. The van der Waals surface area contributed by atoms with Crippen molar-refractivity contribution in [2.75, 3.05) is 9.80 Å². The van der Waals surface area contributed by atoms with E-state index in [-0.39, 0.29) is 6.71 Å². The average Bonchev–Trinajstić information content (AvgIpc) is 4.22. The molecule has 4 aliphatic carbocycles. The van der Waals surface area contributed by atoms with Crippen molar-refractivity contribution >= 4 is 67.9 Å². The van der Waals surface area contributed by atoms with Gasteiger partial charge in [-0.15, -0.1) is 11.3 Å². The van der Waals surface area contributed by atoms with Gasteiger partial charge in [0.2, 0.25) is 0 Å². The molecule has 0 saturated carbocycles. The highest BCUT2D eigenvalue weighted by atomic mass is 32.1. The van der Waals surface area contributed by atoms with Gasteiger partial charge in [0.05, 0.1) is 16.5 Å². The molecule has 4 heteroatoms. The summed E-state index contributed by atoms with van der Waals surface area (Å²) >= 11 is 2.07. The Hall–Kier alpha value is -8.44. The molecule has 0 amide bonds. The van der Waals surface area contributed by atoms with Gasteiger partial charge in [-0.05, 0) is 138 Å². The van der Waals surface area contributed by atoms with Crippen LogP contribution >= 0.6 is 11.3 Å². The summed E-state index contributed by atoms with van der Waals surface area (Å²) in [5.41, 5.74) is 30.6. The van der Waals surface area contributed by atoms with Crippen LogP contribution in [0.25, 0.3) is 44.5 Å². The van der Waals surface area contributed by atoms with Crippen LogP contribution in [0.3, 0.4) is 0 Å². The Kier molecular flexibility index (Phi) is 7.28. The van der Waals surface area contributed by atoms with E-state index in [1.807, 2.05) is 0 Å². The second kappa shape index (κ2) is 13.5. The molecule has 11 aromatic rings. The minimum Gasteiger partial charge on any atom is -0.311 e. The summed E-state index contributed by atoms with van der Waals surface area (Å²) in [5, 5.41) is 0. The van der Waals surface area contributed by atoms with Gasteiger partial charge in [-0.25, -0.2) is 0 Å². The smallest absolute Gasteiger partial charge is 0.264 e. The van der Waals surface area contributed by atoms with E-state index < -0.39 is 10.8 Å². The minimum absolute atomic E-state index is 0.0447. The van der Waals surface area contributed by atoms with E-state index in [1.165, 1.54) is 138 Å². The van der Waals surface area contributed by atoms with E-state index in [0.29, 0.717) is 0 Å². The van der Waals surface area contributed by atoms with Gasteiger partial charge < -0.3 is 9.80 Å². The van der Waals surface area contributed by atoms with Gasteiger partial charge in [0.1, 0.15) is 0 Å². The zero-order valence-corrected chi connectivity index (χ0v) is 39.6. The second-order valence-electron chi connectivity index (χ2n) is 20.2. The maximum Gasteiger partial charge on any atom is 0.264 e. The maximum absolute atomic E-state index is 2.64. The molecule has 1 aromatic heterocycles. The van der Waals surface area contributed by atoms with Crippen molar-refractivity contribution < 1.29 is 0 Å². The summed E-state index contributed by atoms with van der Waals surface area (Å²) < 4.78 is 1.40. The zero-order chi connectivity index (χ0) is 46.3. The Morgan fingerprint density at radius 1 is 0.366 bits per heavy atom. The van der Waals surface area contributed by atoms with Gasteiger partial charge in [0.25, 0.3) is 6.71 Å². The molecule has 0 radical (unpaired) electrons. The molecule has 0 saturated heterocycles. The van der Waals surface area contributed by atoms with Crippen molar-refractivity contribution in [1.29, 1.82) is 0 Å². The standard InChI is InChI=1S/C67H41BN2S/c1-40-35-36-48-55(37-40)67(53-31-16-10-25-45(53)46-26-11-17-32-54(46)67)64-61(48)63-65(71-64)68-57-38-49-47-27-12-15-30-52(47)66(50-28-13-8-23-43(50)44-24-9-14-29-51(44)66)56(49)39-60(57)69(41-19-4-2-5-20-41)58-33-18-34-59(62(58)68)70(63)42-21-6-3-7-22-42/h2-39H,1H3. The van der Waals surface area contributed by atoms with E-state index in [2.05, 4.69) is 259 Å². The average molecular weight is 917 g/mol. The third-order valence-corrected chi connectivity index (χ3v) is 18.5. The molecular formula is C67H41BN2S. The molecular weight excluding hydrogens is 876 g/mol. The minimum atomic E-state index is -0.470. The Balaban J connectivity index is 1.03. The van der Waals surface area contributed by atoms with Gasteiger partial charge in [0, 0.05) is 43.7 Å². The molecule has 2 nitrogen and oxygen atoms in total. The van der Waals surface area contributed by atoms with E-state index in [0.717, 1.165) is 5.69 Å². The van der Waals surface area contributed by atoms with Crippen molar-refractivity contribution in [2.45, 2.75) is 17.8 Å². The molecule has 6 aliphatic rings. The summed E-state index contributed by atoms with van der Waals surface area (Å²) in [4.78, 5) is 6.65. The van der Waals surface area contributed by atoms with Gasteiger partial charge in [-0.2, -0.15) is 0 Å². The fourth-order valence-corrected chi connectivity index (χ4v) is 16.3. The van der Waals surface area contributed by atoms with Crippen molar-refractivity contribution in [3.8, 4) is 44.5 Å². The number of thiophene rings is 1. The van der Waals surface area contributed by atoms with Crippen molar-refractivity contribution in [1.82, 2.24) is 0 Å². The predicted octanol–water partition coefficient (Wildman–Crippen LogP) is 14.8. The van der Waals surface area contributed by atoms with Crippen LogP contribution in [0, 0.1) is 6.92 Å². The molecule has 0 unspecified atom stereocenters. The van der Waals surface area contributed by atoms with Crippen molar-refractivity contribution in [2.24, 2.45) is 0 Å². The fraction of sp³-hybridized carbons (Fsp3) is 0.0448. The van der Waals surface area contributed by atoms with E-state index in [9.17, 15) is 0 Å². The highest BCUT2D eigenvalue weighted by molar-refractivity contribution is 7.30. The first kappa shape index (κ1) is 38.4. The number of anilines is 6. The fourth-order valence-electron chi connectivity index (χ4n) is 14.6. The number of aryl methyl sites for hydroxylation is 1. The highest BCUT2D eigenvalue weighted by Gasteiger charge is 2.58. The third kappa shape index (κ3) is 4.45. The van der Waals surface area contributed by atoms with Gasteiger partial charge >= 0.3 is 0 Å². The van der Waals surface area contributed by atoms with Crippen LogP contribution in [-0.2, 0) is 10.8 Å². The Morgan fingerprint density at radius 2 is 0.831 bits per heavy atom. The van der Waals surface area contributed by atoms with Crippen molar-refractivity contribution in [3.05, 3.63) is 280 Å². The molecule has 17 rings (SSSR count). The van der Waals surface area contributed by atoms with Crippen LogP contribution in [0.1, 0.15) is 49.4 Å². The summed E-state index contributed by atoms with van der Waals surface area (Å²) in [5.74, 6) is 0. The molecule has 3 heterocycles. The van der Waals surface area contributed by atoms with E-state index in [1.54, 1.807) is 0 Å². The van der Waals surface area contributed by atoms with Crippen LogP contribution in [0.2, 0.25) is 0 Å². The van der Waals surface area contributed by atoms with Crippen LogP contribution in [0.4, 0.5) is 34.1 Å². The van der Waals surface area contributed by atoms with Gasteiger partial charge in [-0.1, -0.05) is 194 Å². The topological polar surface area (TPSA) is 6.48 Å². The number of nitrogens with zero attached hydrogens (tertiary/aromatic N) is 2. The first-order valence-electron chi connectivity index (χ1n) is 25.0. The Morgan fingerprint density at radius 3 is 1.39 bits per heavy atom. The van der Waals surface area contributed by atoms with E-state index >= 15 is 0 Å². The number of fused-ring (bicyclic) bond motifs is 25. The zero-order valence-electron chi connectivity index (χ0n) is 38.8. The Labute approximate surface area is 417 Å². The van der Waals surface area contributed by atoms with Crippen LogP contribution in [0.15, 0.2) is 231 Å². The predicted molar refractivity (Wildman–Crippen MR) is 296 cm³/mol. The molecule has 10 aromatic carbocycles. The second-order valence-corrected chi connectivity index (χ2v) is 21.3. The SMILES string of the molecule is Cc1ccc2c(c1)C1(c3ccccc3-c3ccccc31)c1sc3c(c1-2)N(c1ccccc1)c1cccc2c1B3c1cc3c(cc1N2c1ccccc1)C1(c2ccccc2-c2ccccc21)c1ccccc1-3. The summed E-state index contributed by atoms with van der Waals surface area (Å²) in [7, 11) is 0. The number of rotatable bonds is 2.